The van der Waals surface area contributed by atoms with Crippen LogP contribution in [0.25, 0.3) is 6.08 Å². The van der Waals surface area contributed by atoms with Gasteiger partial charge in [0.1, 0.15) is 5.75 Å². The minimum Gasteiger partial charge on any atom is -0.435 e. The summed E-state index contributed by atoms with van der Waals surface area (Å²) in [5, 5.41) is 0. The van der Waals surface area contributed by atoms with Gasteiger partial charge < -0.3 is 9.72 Å². The van der Waals surface area contributed by atoms with Crippen LogP contribution in [0.2, 0.25) is 0 Å². The molecule has 1 heterocycles. The molecule has 0 unspecified atom stereocenters. The van der Waals surface area contributed by atoms with E-state index >= 15 is 0 Å². The molecule has 0 radical (unpaired) electrons. The van der Waals surface area contributed by atoms with Crippen LogP contribution < -0.4 is 4.74 Å². The zero-order valence-electron chi connectivity index (χ0n) is 9.85. The molecule has 3 nitrogen and oxygen atoms in total. The van der Waals surface area contributed by atoms with E-state index < -0.39 is 6.61 Å². The van der Waals surface area contributed by atoms with Crippen molar-refractivity contribution in [3.05, 3.63) is 59.9 Å². The predicted octanol–water partition coefficient (Wildman–Crippen LogP) is 3.51. The minimum atomic E-state index is -2.87. The van der Waals surface area contributed by atoms with Crippen LogP contribution in [0.15, 0.2) is 48.7 Å². The number of hydrogen-bond acceptors (Lipinski definition) is 2. The van der Waals surface area contributed by atoms with Crippen molar-refractivity contribution in [2.24, 2.45) is 0 Å². The van der Waals surface area contributed by atoms with Crippen molar-refractivity contribution < 1.29 is 18.3 Å². The third kappa shape index (κ3) is 3.77. The highest BCUT2D eigenvalue weighted by molar-refractivity contribution is 6.06. The lowest BCUT2D eigenvalue weighted by Crippen LogP contribution is -2.02. The second-order valence-electron chi connectivity index (χ2n) is 3.73. The molecule has 2 rings (SSSR count). The zero-order valence-corrected chi connectivity index (χ0v) is 9.85. The average molecular weight is 263 g/mol. The van der Waals surface area contributed by atoms with Crippen LogP contribution in [0.5, 0.6) is 5.75 Å². The lowest BCUT2D eigenvalue weighted by atomic mass is 10.1. The summed E-state index contributed by atoms with van der Waals surface area (Å²) in [7, 11) is 0. The molecule has 1 N–H and O–H groups in total. The number of ether oxygens (including phenoxy) is 1. The van der Waals surface area contributed by atoms with Crippen LogP contribution in [0.4, 0.5) is 8.78 Å². The minimum absolute atomic E-state index is 0.0277. The van der Waals surface area contributed by atoms with Gasteiger partial charge in [-0.3, -0.25) is 4.79 Å². The first-order chi connectivity index (χ1) is 9.15. The van der Waals surface area contributed by atoms with Crippen LogP contribution in [0.1, 0.15) is 16.1 Å². The first-order valence-electron chi connectivity index (χ1n) is 5.56. The van der Waals surface area contributed by atoms with E-state index in [0.717, 1.165) is 5.69 Å². The Morgan fingerprint density at radius 3 is 2.53 bits per heavy atom. The summed E-state index contributed by atoms with van der Waals surface area (Å²) in [6.07, 6.45) is 4.81. The van der Waals surface area contributed by atoms with Gasteiger partial charge in [0.2, 0.25) is 0 Å². The molecule has 1 aromatic heterocycles. The third-order valence-corrected chi connectivity index (χ3v) is 2.40. The van der Waals surface area contributed by atoms with Crippen LogP contribution in [0.3, 0.4) is 0 Å². The number of alkyl halides is 2. The predicted molar refractivity (Wildman–Crippen MR) is 67.2 cm³/mol. The van der Waals surface area contributed by atoms with Gasteiger partial charge in [-0.05, 0) is 48.6 Å². The summed E-state index contributed by atoms with van der Waals surface area (Å²) in [4.78, 5) is 14.7. The Morgan fingerprint density at radius 1 is 1.21 bits per heavy atom. The molecule has 1 aromatic carbocycles. The first-order valence-corrected chi connectivity index (χ1v) is 5.56. The molecule has 0 bridgehead atoms. The van der Waals surface area contributed by atoms with E-state index in [2.05, 4.69) is 9.72 Å². The number of H-pyrrole nitrogens is 1. The fraction of sp³-hybridized carbons (Fsp3) is 0.0714. The molecule has 0 aliphatic heterocycles. The molecule has 5 heteroatoms. The summed E-state index contributed by atoms with van der Waals surface area (Å²) >= 11 is 0. The van der Waals surface area contributed by atoms with E-state index in [1.807, 2.05) is 12.1 Å². The highest BCUT2D eigenvalue weighted by Gasteiger charge is 2.06. The largest absolute Gasteiger partial charge is 0.435 e. The Hall–Kier alpha value is -2.43. The Labute approximate surface area is 108 Å². The monoisotopic (exact) mass is 263 g/mol. The summed E-state index contributed by atoms with van der Waals surface area (Å²) < 4.78 is 28.1. The van der Waals surface area contributed by atoms with Crippen LogP contribution in [0, 0.1) is 0 Å². The summed E-state index contributed by atoms with van der Waals surface area (Å²) in [5.74, 6) is -0.182. The zero-order chi connectivity index (χ0) is 13.7. The fourth-order valence-corrected chi connectivity index (χ4v) is 1.51. The SMILES string of the molecule is O=C(/C=C/c1ccc[nH]1)c1ccc(OC(F)F)cc1. The fourth-order valence-electron chi connectivity index (χ4n) is 1.51. The molecule has 0 saturated heterocycles. The van der Waals surface area contributed by atoms with Crippen LogP contribution in [-0.2, 0) is 0 Å². The lowest BCUT2D eigenvalue weighted by molar-refractivity contribution is -0.0498. The summed E-state index contributed by atoms with van der Waals surface area (Å²) in [6.45, 7) is -2.87. The molecule has 0 fully saturated rings. The highest BCUT2D eigenvalue weighted by Crippen LogP contribution is 2.15. The lowest BCUT2D eigenvalue weighted by Gasteiger charge is -2.04. The van der Waals surface area contributed by atoms with E-state index in [0.29, 0.717) is 5.56 Å². The molecule has 0 spiro atoms. The molecule has 19 heavy (non-hydrogen) atoms. The number of rotatable bonds is 5. The quantitative estimate of drug-likeness (QED) is 0.662. The van der Waals surface area contributed by atoms with Gasteiger partial charge in [0, 0.05) is 17.5 Å². The number of ketones is 1. The molecule has 0 saturated carbocycles. The van der Waals surface area contributed by atoms with E-state index in [4.69, 9.17) is 0 Å². The van der Waals surface area contributed by atoms with Gasteiger partial charge in [0.15, 0.2) is 5.78 Å². The molecule has 0 amide bonds. The standard InChI is InChI=1S/C14H11F2NO2/c15-14(16)19-12-6-3-10(4-7-12)13(18)8-5-11-2-1-9-17-11/h1-9,14,17H/b8-5+. The van der Waals surface area contributed by atoms with Gasteiger partial charge in [-0.1, -0.05) is 0 Å². The Balaban J connectivity index is 2.03. The van der Waals surface area contributed by atoms with Crippen molar-refractivity contribution >= 4 is 11.9 Å². The van der Waals surface area contributed by atoms with Crippen molar-refractivity contribution in [1.29, 1.82) is 0 Å². The highest BCUT2D eigenvalue weighted by atomic mass is 19.3. The summed E-state index contributed by atoms with van der Waals surface area (Å²) in [5.41, 5.74) is 1.22. The number of hydrogen-bond donors (Lipinski definition) is 1. The number of halogens is 2. The van der Waals surface area contributed by atoms with Crippen molar-refractivity contribution in [2.45, 2.75) is 6.61 Å². The number of allylic oxidation sites excluding steroid dienone is 1. The molecule has 98 valence electrons. The molecule has 0 aliphatic rings. The van der Waals surface area contributed by atoms with Gasteiger partial charge in [-0.2, -0.15) is 8.78 Å². The normalized spacial score (nSPS) is 11.1. The second kappa shape index (κ2) is 5.95. The first kappa shape index (κ1) is 13.0. The summed E-state index contributed by atoms with van der Waals surface area (Å²) in [6, 6.07) is 9.20. The number of nitrogens with one attached hydrogen (secondary N) is 1. The molecular weight excluding hydrogens is 252 g/mol. The van der Waals surface area contributed by atoms with E-state index in [1.54, 1.807) is 12.3 Å². The van der Waals surface area contributed by atoms with Gasteiger partial charge >= 0.3 is 6.61 Å². The topological polar surface area (TPSA) is 42.1 Å². The Kier molecular flexibility index (Phi) is 4.07. The smallest absolute Gasteiger partial charge is 0.387 e. The number of carbonyl (C=O) groups excluding carboxylic acids is 1. The maximum Gasteiger partial charge on any atom is 0.387 e. The molecule has 0 aliphatic carbocycles. The third-order valence-electron chi connectivity index (χ3n) is 2.40. The van der Waals surface area contributed by atoms with E-state index in [-0.39, 0.29) is 11.5 Å². The molecule has 0 atom stereocenters. The maximum absolute atomic E-state index is 12.0. The van der Waals surface area contributed by atoms with E-state index in [1.165, 1.54) is 30.3 Å². The van der Waals surface area contributed by atoms with Crippen molar-refractivity contribution in [1.82, 2.24) is 4.98 Å². The number of carbonyl (C=O) groups is 1. The number of aromatic nitrogens is 1. The molecular formula is C14H11F2NO2. The number of benzene rings is 1. The van der Waals surface area contributed by atoms with E-state index in [9.17, 15) is 13.6 Å². The van der Waals surface area contributed by atoms with Crippen molar-refractivity contribution in [2.75, 3.05) is 0 Å². The van der Waals surface area contributed by atoms with Gasteiger partial charge in [-0.15, -0.1) is 0 Å². The van der Waals surface area contributed by atoms with Crippen molar-refractivity contribution in [3.63, 3.8) is 0 Å². The van der Waals surface area contributed by atoms with Crippen LogP contribution >= 0.6 is 0 Å². The molecule has 2 aromatic rings. The maximum atomic E-state index is 12.0. The van der Waals surface area contributed by atoms with Crippen LogP contribution in [-0.4, -0.2) is 17.4 Å². The average Bonchev–Trinajstić information content (AvgIpc) is 2.89. The Morgan fingerprint density at radius 2 is 1.95 bits per heavy atom. The second-order valence-corrected chi connectivity index (χ2v) is 3.73. The Bertz CT molecular complexity index is 560. The van der Waals surface area contributed by atoms with Gasteiger partial charge in [0.25, 0.3) is 0 Å². The number of aromatic amines is 1. The van der Waals surface area contributed by atoms with Gasteiger partial charge in [-0.25, -0.2) is 0 Å². The van der Waals surface area contributed by atoms with Gasteiger partial charge in [0.05, 0.1) is 0 Å². The van der Waals surface area contributed by atoms with Crippen molar-refractivity contribution in [3.8, 4) is 5.75 Å².